The van der Waals surface area contributed by atoms with Crippen molar-refractivity contribution in [2.24, 2.45) is 10.8 Å². The molecule has 3 atom stereocenters. The summed E-state index contributed by atoms with van der Waals surface area (Å²) in [5.74, 6) is -1.08. The van der Waals surface area contributed by atoms with E-state index in [2.05, 4.69) is 34.2 Å². The van der Waals surface area contributed by atoms with Gasteiger partial charge in [0, 0.05) is 42.0 Å². The topological polar surface area (TPSA) is 77.9 Å². The zero-order valence-electron chi connectivity index (χ0n) is 19.2. The highest BCUT2D eigenvalue weighted by molar-refractivity contribution is 5.74. The molecule has 6 nitrogen and oxygen atoms in total. The lowest BCUT2D eigenvalue weighted by molar-refractivity contribution is 0.0141. The predicted molar refractivity (Wildman–Crippen MR) is 123 cm³/mol. The molecule has 0 amide bonds. The number of benzene rings is 1. The van der Waals surface area contributed by atoms with Crippen LogP contribution >= 0.6 is 0 Å². The fourth-order valence-electron chi connectivity index (χ4n) is 6.25. The van der Waals surface area contributed by atoms with E-state index in [0.717, 1.165) is 18.9 Å². The molecule has 1 aromatic carbocycles. The number of halogens is 2. The van der Waals surface area contributed by atoms with E-state index in [4.69, 9.17) is 0 Å². The minimum Gasteiger partial charge on any atom is -0.507 e. The third-order valence-electron chi connectivity index (χ3n) is 7.66. The summed E-state index contributed by atoms with van der Waals surface area (Å²) in [6, 6.07) is 3.92. The maximum atomic E-state index is 15.2. The lowest BCUT2D eigenvalue weighted by atomic mass is 9.55. The molecule has 2 aliphatic carbocycles. The van der Waals surface area contributed by atoms with Gasteiger partial charge < -0.3 is 10.0 Å². The lowest BCUT2D eigenvalue weighted by Crippen LogP contribution is -2.49. The van der Waals surface area contributed by atoms with E-state index >= 15 is 4.39 Å². The van der Waals surface area contributed by atoms with Crippen molar-refractivity contribution >= 4 is 5.82 Å². The second-order valence-electron chi connectivity index (χ2n) is 10.6. The molecule has 0 spiro atoms. The summed E-state index contributed by atoms with van der Waals surface area (Å²) < 4.78 is 29.9. The van der Waals surface area contributed by atoms with E-state index in [1.165, 1.54) is 50.2 Å². The van der Waals surface area contributed by atoms with Crippen LogP contribution in [0.5, 0.6) is 5.75 Å². The number of fused-ring (bicyclic) bond motifs is 2. The zero-order chi connectivity index (χ0) is 23.4. The van der Waals surface area contributed by atoms with Crippen LogP contribution in [0.15, 0.2) is 30.6 Å². The van der Waals surface area contributed by atoms with Crippen molar-refractivity contribution in [3.63, 3.8) is 0 Å². The highest BCUT2D eigenvalue weighted by atomic mass is 19.1. The van der Waals surface area contributed by atoms with E-state index < -0.39 is 11.6 Å². The number of phenolic OH excluding ortho intramolecular Hbond substituents is 1. The summed E-state index contributed by atoms with van der Waals surface area (Å²) in [7, 11) is 1.94. The number of anilines is 1. The normalized spacial score (nSPS) is 26.9. The molecule has 3 aromatic rings. The van der Waals surface area contributed by atoms with Crippen LogP contribution in [0.4, 0.5) is 14.6 Å². The first kappa shape index (κ1) is 21.8. The summed E-state index contributed by atoms with van der Waals surface area (Å²) in [6.07, 6.45) is 10.0. The molecule has 2 bridgehead atoms. The van der Waals surface area contributed by atoms with E-state index in [-0.39, 0.29) is 28.6 Å². The Hall–Kier alpha value is -3.03. The highest BCUT2D eigenvalue weighted by Gasteiger charge is 2.47. The first-order valence-corrected chi connectivity index (χ1v) is 11.4. The quantitative estimate of drug-likeness (QED) is 0.530. The van der Waals surface area contributed by atoms with E-state index in [0.29, 0.717) is 22.2 Å². The fraction of sp³-hybridized carbons (Fsp3) is 0.480. The van der Waals surface area contributed by atoms with Crippen LogP contribution in [0.2, 0.25) is 0 Å². The molecule has 2 aliphatic rings. The first-order chi connectivity index (χ1) is 15.7. The Morgan fingerprint density at radius 2 is 1.76 bits per heavy atom. The smallest absolute Gasteiger partial charge is 0.155 e. The third-order valence-corrected chi connectivity index (χ3v) is 7.66. The zero-order valence-corrected chi connectivity index (χ0v) is 19.2. The molecule has 5 rings (SSSR count). The maximum Gasteiger partial charge on any atom is 0.155 e. The highest BCUT2D eigenvalue weighted by Crippen LogP contribution is 2.56. The number of nitrogens with one attached hydrogen (secondary N) is 1. The van der Waals surface area contributed by atoms with Gasteiger partial charge >= 0.3 is 0 Å². The van der Waals surface area contributed by atoms with E-state index in [1.807, 2.05) is 11.9 Å². The van der Waals surface area contributed by atoms with Gasteiger partial charge in [-0.05, 0) is 55.1 Å². The third kappa shape index (κ3) is 3.96. The van der Waals surface area contributed by atoms with Crippen LogP contribution in [0, 0.1) is 22.5 Å². The minimum absolute atomic E-state index is 0.0360. The van der Waals surface area contributed by atoms with Gasteiger partial charge in [-0.15, -0.1) is 10.2 Å². The predicted octanol–water partition coefficient (Wildman–Crippen LogP) is 5.70. The van der Waals surface area contributed by atoms with Crippen molar-refractivity contribution in [1.82, 2.24) is 20.4 Å². The van der Waals surface area contributed by atoms with E-state index in [9.17, 15) is 9.50 Å². The molecule has 2 fully saturated rings. The van der Waals surface area contributed by atoms with Crippen molar-refractivity contribution < 1.29 is 13.9 Å². The number of aromatic nitrogens is 4. The largest absolute Gasteiger partial charge is 0.507 e. The number of H-pyrrole nitrogens is 1. The van der Waals surface area contributed by atoms with Crippen LogP contribution in [-0.2, 0) is 0 Å². The van der Waals surface area contributed by atoms with Crippen LogP contribution in [0.1, 0.15) is 52.4 Å². The number of hydrogen-bond acceptors (Lipinski definition) is 5. The van der Waals surface area contributed by atoms with Crippen LogP contribution in [0.25, 0.3) is 22.4 Å². The van der Waals surface area contributed by atoms with Gasteiger partial charge in [-0.3, -0.25) is 5.10 Å². The molecule has 2 saturated carbocycles. The standard InChI is InChI=1S/C25H29F2N5O/c1-24-5-4-6-25(2,14-24)11-16(10-24)32(3)22-9-20(27)23(31-30-22)18-7-19(26)17(8-21(18)33)15-12-28-29-13-15/h7-9,12-13,16,33H,4-6,10-11,14H2,1-3H3,(H,28,29)/t16-,24-,25+. The van der Waals surface area contributed by atoms with Gasteiger partial charge in [0.15, 0.2) is 11.6 Å². The van der Waals surface area contributed by atoms with Gasteiger partial charge in [-0.1, -0.05) is 20.3 Å². The van der Waals surface area contributed by atoms with Crippen molar-refractivity contribution in [3.8, 4) is 28.1 Å². The Balaban J connectivity index is 1.43. The Morgan fingerprint density at radius 3 is 2.39 bits per heavy atom. The molecule has 0 aliphatic heterocycles. The molecular weight excluding hydrogens is 424 g/mol. The number of aromatic hydroxyl groups is 1. The van der Waals surface area contributed by atoms with Gasteiger partial charge in [-0.25, -0.2) is 8.78 Å². The average molecular weight is 454 g/mol. The van der Waals surface area contributed by atoms with Crippen LogP contribution in [0.3, 0.4) is 0 Å². The summed E-state index contributed by atoms with van der Waals surface area (Å²) >= 11 is 0. The van der Waals surface area contributed by atoms with Crippen LogP contribution in [-0.4, -0.2) is 38.6 Å². The van der Waals surface area contributed by atoms with Crippen molar-refractivity contribution in [2.75, 3.05) is 11.9 Å². The Labute approximate surface area is 192 Å². The number of nitrogens with zero attached hydrogens (tertiary/aromatic N) is 4. The summed E-state index contributed by atoms with van der Waals surface area (Å²) in [6.45, 7) is 4.73. The molecule has 2 N–H and O–H groups in total. The minimum atomic E-state index is -0.647. The number of phenols is 1. The second kappa shape index (κ2) is 7.78. The number of aromatic amines is 1. The molecule has 33 heavy (non-hydrogen) atoms. The molecule has 174 valence electrons. The Morgan fingerprint density at radius 1 is 1.03 bits per heavy atom. The van der Waals surface area contributed by atoms with Gasteiger partial charge in [0.2, 0.25) is 0 Å². The Kier molecular flexibility index (Phi) is 5.14. The average Bonchev–Trinajstić information content (AvgIpc) is 3.28. The fourth-order valence-corrected chi connectivity index (χ4v) is 6.25. The Bertz CT molecular complexity index is 1170. The summed E-state index contributed by atoms with van der Waals surface area (Å²) in [5, 5.41) is 25.2. The van der Waals surface area contributed by atoms with Gasteiger partial charge in [0.1, 0.15) is 17.3 Å². The first-order valence-electron chi connectivity index (χ1n) is 11.4. The van der Waals surface area contributed by atoms with Crippen molar-refractivity contribution in [1.29, 1.82) is 0 Å². The number of hydrogen-bond donors (Lipinski definition) is 2. The maximum absolute atomic E-state index is 15.2. The molecular formula is C25H29F2N5O. The van der Waals surface area contributed by atoms with Crippen molar-refractivity contribution in [2.45, 2.75) is 58.4 Å². The number of rotatable bonds is 4. The lowest BCUT2D eigenvalue weighted by Gasteiger charge is -2.54. The molecule has 2 aromatic heterocycles. The molecule has 0 radical (unpaired) electrons. The van der Waals surface area contributed by atoms with E-state index in [1.54, 1.807) is 0 Å². The van der Waals surface area contributed by atoms with Gasteiger partial charge in [-0.2, -0.15) is 5.10 Å². The van der Waals surface area contributed by atoms with Gasteiger partial charge in [0.25, 0.3) is 0 Å². The summed E-state index contributed by atoms with van der Waals surface area (Å²) in [4.78, 5) is 2.03. The molecule has 8 heteroatoms. The molecule has 0 unspecified atom stereocenters. The van der Waals surface area contributed by atoms with Gasteiger partial charge in [0.05, 0.1) is 6.20 Å². The SMILES string of the molecule is CN(c1cc(F)c(-c2cc(F)c(-c3cn[nH]c3)cc2O)nn1)[C@H]1C[C@]2(C)CCC[C@](C)(C1)C2. The van der Waals surface area contributed by atoms with Crippen molar-refractivity contribution in [3.05, 3.63) is 42.2 Å². The second-order valence-corrected chi connectivity index (χ2v) is 10.6. The van der Waals surface area contributed by atoms with Crippen LogP contribution < -0.4 is 4.90 Å². The molecule has 0 saturated heterocycles. The monoisotopic (exact) mass is 453 g/mol. The summed E-state index contributed by atoms with van der Waals surface area (Å²) in [5.41, 5.74) is 1.04. The molecule has 2 heterocycles.